The molecule has 2 aromatic rings. The van der Waals surface area contributed by atoms with Crippen LogP contribution in [0.1, 0.15) is 21.6 Å². The van der Waals surface area contributed by atoms with Crippen LogP contribution in [0.2, 0.25) is 0 Å². The van der Waals surface area contributed by atoms with Crippen molar-refractivity contribution in [1.82, 2.24) is 4.57 Å². The molecule has 0 fully saturated rings. The Bertz CT molecular complexity index is 701. The molecule has 1 aromatic carbocycles. The van der Waals surface area contributed by atoms with E-state index in [-0.39, 0.29) is 5.78 Å². The Morgan fingerprint density at radius 3 is 2.53 bits per heavy atom. The van der Waals surface area contributed by atoms with Crippen molar-refractivity contribution in [2.45, 2.75) is 6.92 Å². The first-order chi connectivity index (χ1) is 9.11. The first-order valence-corrected chi connectivity index (χ1v) is 5.88. The molecule has 98 valence electrons. The van der Waals surface area contributed by atoms with Gasteiger partial charge in [0.2, 0.25) is 5.78 Å². The largest absolute Gasteiger partial charge is 0.494 e. The predicted octanol–water partition coefficient (Wildman–Crippen LogP) is 1.93. The summed E-state index contributed by atoms with van der Waals surface area (Å²) in [5.74, 6) is 1.01. The highest BCUT2D eigenvalue weighted by molar-refractivity contribution is 6.18. The van der Waals surface area contributed by atoms with E-state index < -0.39 is 0 Å². The lowest BCUT2D eigenvalue weighted by atomic mass is 10.0. The molecule has 0 saturated carbocycles. The number of hydrogen-bond acceptors (Lipinski definition) is 4. The average molecular weight is 258 g/mol. The van der Waals surface area contributed by atoms with Crippen LogP contribution >= 0.6 is 0 Å². The van der Waals surface area contributed by atoms with E-state index in [1.807, 2.05) is 19.2 Å². The second-order valence-corrected chi connectivity index (χ2v) is 4.42. The number of anilines is 1. The SMILES string of the molecule is COc1c(C)c(OC)c2c(c1N)C(=O)c1cccn1-2. The van der Waals surface area contributed by atoms with E-state index in [2.05, 4.69) is 0 Å². The number of nitrogens with two attached hydrogens (primary N) is 1. The van der Waals surface area contributed by atoms with Crippen molar-refractivity contribution < 1.29 is 14.3 Å². The van der Waals surface area contributed by atoms with Crippen LogP contribution in [-0.4, -0.2) is 24.6 Å². The van der Waals surface area contributed by atoms with Crippen molar-refractivity contribution >= 4 is 11.5 Å². The minimum absolute atomic E-state index is 0.103. The Kier molecular flexibility index (Phi) is 2.32. The molecule has 0 atom stereocenters. The molecule has 0 unspecified atom stereocenters. The minimum Gasteiger partial charge on any atom is -0.494 e. The van der Waals surface area contributed by atoms with Gasteiger partial charge in [0.05, 0.1) is 31.2 Å². The second kappa shape index (κ2) is 3.78. The quantitative estimate of drug-likeness (QED) is 0.713. The van der Waals surface area contributed by atoms with E-state index in [1.165, 1.54) is 7.11 Å². The van der Waals surface area contributed by atoms with Gasteiger partial charge in [-0.25, -0.2) is 0 Å². The predicted molar refractivity (Wildman–Crippen MR) is 71.5 cm³/mol. The van der Waals surface area contributed by atoms with Crippen molar-refractivity contribution in [2.75, 3.05) is 20.0 Å². The fraction of sp³-hybridized carbons (Fsp3) is 0.214. The van der Waals surface area contributed by atoms with Gasteiger partial charge in [0.25, 0.3) is 0 Å². The topological polar surface area (TPSA) is 66.5 Å². The van der Waals surface area contributed by atoms with Crippen LogP contribution in [0, 0.1) is 6.92 Å². The Labute approximate surface area is 110 Å². The van der Waals surface area contributed by atoms with Gasteiger partial charge in [0.1, 0.15) is 17.2 Å². The fourth-order valence-electron chi connectivity index (χ4n) is 2.70. The van der Waals surface area contributed by atoms with Crippen LogP contribution in [0.25, 0.3) is 5.69 Å². The minimum atomic E-state index is -0.103. The summed E-state index contributed by atoms with van der Waals surface area (Å²) in [4.78, 5) is 12.4. The van der Waals surface area contributed by atoms with E-state index in [1.54, 1.807) is 17.7 Å². The fourth-order valence-corrected chi connectivity index (χ4v) is 2.70. The molecule has 19 heavy (non-hydrogen) atoms. The third-order valence-electron chi connectivity index (χ3n) is 3.50. The number of aromatic nitrogens is 1. The van der Waals surface area contributed by atoms with Crippen molar-refractivity contribution in [3.8, 4) is 17.2 Å². The summed E-state index contributed by atoms with van der Waals surface area (Å²) in [6, 6.07) is 3.59. The summed E-state index contributed by atoms with van der Waals surface area (Å²) in [6.45, 7) is 1.86. The first-order valence-electron chi connectivity index (χ1n) is 5.88. The molecule has 2 N–H and O–H groups in total. The monoisotopic (exact) mass is 258 g/mol. The third kappa shape index (κ3) is 1.27. The maximum atomic E-state index is 12.4. The number of nitrogen functional groups attached to an aromatic ring is 1. The molecular formula is C14H14N2O3. The molecule has 0 aliphatic carbocycles. The molecule has 5 nitrogen and oxygen atoms in total. The smallest absolute Gasteiger partial charge is 0.214 e. The molecular weight excluding hydrogens is 244 g/mol. The highest BCUT2D eigenvalue weighted by Gasteiger charge is 2.34. The molecule has 3 rings (SSSR count). The van der Waals surface area contributed by atoms with Gasteiger partial charge in [-0.15, -0.1) is 0 Å². The van der Waals surface area contributed by atoms with Crippen LogP contribution in [0.3, 0.4) is 0 Å². The lowest BCUT2D eigenvalue weighted by Crippen LogP contribution is -2.06. The molecule has 0 radical (unpaired) electrons. The average Bonchev–Trinajstić information content (AvgIpc) is 2.95. The Balaban J connectivity index is 2.47. The molecule has 1 aromatic heterocycles. The van der Waals surface area contributed by atoms with Gasteiger partial charge in [-0.1, -0.05) is 0 Å². The van der Waals surface area contributed by atoms with Gasteiger partial charge >= 0.3 is 0 Å². The van der Waals surface area contributed by atoms with Gasteiger partial charge < -0.3 is 19.8 Å². The number of hydrogen-bond donors (Lipinski definition) is 1. The summed E-state index contributed by atoms with van der Waals surface area (Å²) in [5, 5.41) is 0. The molecule has 0 saturated heterocycles. The lowest BCUT2D eigenvalue weighted by molar-refractivity contribution is 0.104. The lowest BCUT2D eigenvalue weighted by Gasteiger charge is -2.17. The molecule has 0 amide bonds. The number of ketones is 1. The van der Waals surface area contributed by atoms with Crippen LogP contribution in [0.15, 0.2) is 18.3 Å². The van der Waals surface area contributed by atoms with E-state index in [0.29, 0.717) is 34.1 Å². The van der Waals surface area contributed by atoms with E-state index in [0.717, 1.165) is 5.56 Å². The molecule has 2 heterocycles. The van der Waals surface area contributed by atoms with Crippen LogP contribution in [0.4, 0.5) is 5.69 Å². The highest BCUT2D eigenvalue weighted by Crippen LogP contribution is 2.46. The van der Waals surface area contributed by atoms with E-state index in [9.17, 15) is 4.79 Å². The van der Waals surface area contributed by atoms with Crippen molar-refractivity contribution in [3.63, 3.8) is 0 Å². The third-order valence-corrected chi connectivity index (χ3v) is 3.50. The maximum absolute atomic E-state index is 12.4. The van der Waals surface area contributed by atoms with Crippen LogP contribution < -0.4 is 15.2 Å². The van der Waals surface area contributed by atoms with Gasteiger partial charge in [0, 0.05) is 11.8 Å². The summed E-state index contributed by atoms with van der Waals surface area (Å²) >= 11 is 0. The van der Waals surface area contributed by atoms with E-state index in [4.69, 9.17) is 15.2 Å². The molecule has 1 aliphatic heterocycles. The zero-order valence-electron chi connectivity index (χ0n) is 11.0. The van der Waals surface area contributed by atoms with Crippen molar-refractivity contribution in [3.05, 3.63) is 35.2 Å². The van der Waals surface area contributed by atoms with Gasteiger partial charge in [-0.3, -0.25) is 4.79 Å². The Hall–Kier alpha value is -2.43. The summed E-state index contributed by atoms with van der Waals surface area (Å²) in [7, 11) is 3.11. The zero-order chi connectivity index (χ0) is 13.7. The molecule has 0 bridgehead atoms. The number of carbonyl (C=O) groups excluding carboxylic acids is 1. The number of carbonyl (C=O) groups is 1. The van der Waals surface area contributed by atoms with Crippen molar-refractivity contribution in [1.29, 1.82) is 0 Å². The van der Waals surface area contributed by atoms with Gasteiger partial charge in [0.15, 0.2) is 0 Å². The Morgan fingerprint density at radius 1 is 1.21 bits per heavy atom. The molecule has 5 heteroatoms. The highest BCUT2D eigenvalue weighted by atomic mass is 16.5. The van der Waals surface area contributed by atoms with Gasteiger partial charge in [-0.2, -0.15) is 0 Å². The number of benzene rings is 1. The number of fused-ring (bicyclic) bond motifs is 3. The number of ether oxygens (including phenoxy) is 2. The number of methoxy groups -OCH3 is 2. The first kappa shape index (κ1) is 11.6. The van der Waals surface area contributed by atoms with Gasteiger partial charge in [-0.05, 0) is 19.1 Å². The van der Waals surface area contributed by atoms with Crippen LogP contribution in [0.5, 0.6) is 11.5 Å². The summed E-state index contributed by atoms with van der Waals surface area (Å²) < 4.78 is 12.6. The van der Waals surface area contributed by atoms with Crippen molar-refractivity contribution in [2.24, 2.45) is 0 Å². The summed E-state index contributed by atoms with van der Waals surface area (Å²) in [6.07, 6.45) is 1.83. The number of nitrogens with zero attached hydrogens (tertiary/aromatic N) is 1. The standard InChI is InChI=1S/C14H14N2O3/c1-7-13(18-2)10(15)9-11(14(7)19-3)16-6-4-5-8(16)12(9)17/h4-6H,15H2,1-3H3. The molecule has 0 spiro atoms. The Morgan fingerprint density at radius 2 is 1.89 bits per heavy atom. The van der Waals surface area contributed by atoms with E-state index >= 15 is 0 Å². The van der Waals surface area contributed by atoms with Crippen LogP contribution in [-0.2, 0) is 0 Å². The zero-order valence-corrected chi connectivity index (χ0v) is 11.0. The normalized spacial score (nSPS) is 12.3. The maximum Gasteiger partial charge on any atom is 0.214 e. The molecule has 1 aliphatic rings. The summed E-state index contributed by atoms with van der Waals surface area (Å²) in [5.41, 5.74) is 8.98. The number of rotatable bonds is 2. The second-order valence-electron chi connectivity index (χ2n) is 4.42.